The standard InChI is InChI=1S/C30H57N5O7S.C2H6.CH2O2.CH4/c1-23(12-21-43-11)31-24(36)22-32-13-15-33(25(37)40-28(2,3)4)17-19-35(27(39)42-30(8,9)10)20-18-34(16-14-32)26(38)41-29(5,6)7;1-2;2-1-3;/h23H,12-22H2,1-11H3,(H,31,36);1-2H3;1H,(H,2,3);1H4. The Morgan fingerprint density at radius 1 is 0.714 bits per heavy atom. The highest BCUT2D eigenvalue weighted by molar-refractivity contribution is 7.98. The van der Waals surface area contributed by atoms with Crippen molar-refractivity contribution >= 4 is 42.4 Å². The molecule has 0 aromatic rings. The number of ether oxygens (including phenoxy) is 3. The molecule has 1 unspecified atom stereocenters. The number of carbonyl (C=O) groups excluding carboxylic acids is 4. The molecule has 1 rings (SSSR count). The summed E-state index contributed by atoms with van der Waals surface area (Å²) in [5.74, 6) is 0.825. The highest BCUT2D eigenvalue weighted by Crippen LogP contribution is 2.15. The van der Waals surface area contributed by atoms with Gasteiger partial charge in [0.15, 0.2) is 0 Å². The summed E-state index contributed by atoms with van der Waals surface area (Å²) in [4.78, 5) is 67.4. The Labute approximate surface area is 300 Å². The Morgan fingerprint density at radius 3 is 1.27 bits per heavy atom. The maximum atomic E-state index is 13.2. The van der Waals surface area contributed by atoms with E-state index in [4.69, 9.17) is 24.1 Å². The quantitative estimate of drug-likeness (QED) is 0.258. The third-order valence-electron chi connectivity index (χ3n) is 6.14. The predicted octanol–water partition coefficient (Wildman–Crippen LogP) is 5.63. The Bertz CT molecular complexity index is 921. The zero-order valence-electron chi connectivity index (χ0n) is 31.8. The summed E-state index contributed by atoms with van der Waals surface area (Å²) in [6.07, 6.45) is 1.36. The second-order valence-electron chi connectivity index (χ2n) is 14.0. The summed E-state index contributed by atoms with van der Waals surface area (Å²) < 4.78 is 17.0. The van der Waals surface area contributed by atoms with Crippen LogP contribution in [0.1, 0.15) is 96.9 Å². The van der Waals surface area contributed by atoms with E-state index in [0.717, 1.165) is 12.2 Å². The fourth-order valence-corrected chi connectivity index (χ4v) is 4.62. The molecular weight excluding hydrogens is 654 g/mol. The average Bonchev–Trinajstić information content (AvgIpc) is 2.92. The molecule has 49 heavy (non-hydrogen) atoms. The molecule has 290 valence electrons. The van der Waals surface area contributed by atoms with Gasteiger partial charge in [-0.05, 0) is 87.7 Å². The molecule has 4 amide bonds. The second-order valence-corrected chi connectivity index (χ2v) is 15.0. The molecule has 2 N–H and O–H groups in total. The van der Waals surface area contributed by atoms with E-state index in [2.05, 4.69) is 5.32 Å². The van der Waals surface area contributed by atoms with E-state index < -0.39 is 35.1 Å². The van der Waals surface area contributed by atoms with Crippen molar-refractivity contribution in [1.29, 1.82) is 0 Å². The monoisotopic (exact) mass is 723 g/mol. The predicted molar refractivity (Wildman–Crippen MR) is 197 cm³/mol. The fraction of sp³-hybridized carbons (Fsp3) is 0.853. The second kappa shape index (κ2) is 25.1. The average molecular weight is 724 g/mol. The summed E-state index contributed by atoms with van der Waals surface area (Å²) in [6, 6.07) is 0.0303. The third kappa shape index (κ3) is 26.6. The van der Waals surface area contributed by atoms with Crippen molar-refractivity contribution in [2.75, 3.05) is 70.9 Å². The first-order valence-corrected chi connectivity index (χ1v) is 18.0. The Morgan fingerprint density at radius 2 is 1.00 bits per heavy atom. The molecule has 1 saturated heterocycles. The summed E-state index contributed by atoms with van der Waals surface area (Å²) in [6.45, 7) is 24.0. The minimum absolute atomic E-state index is 0. The molecule has 1 heterocycles. The molecule has 15 heteroatoms. The normalized spacial score (nSPS) is 15.6. The lowest BCUT2D eigenvalue weighted by Crippen LogP contribution is -2.52. The van der Waals surface area contributed by atoms with Crippen molar-refractivity contribution in [1.82, 2.24) is 24.9 Å². The number of carboxylic acid groups (broad SMARTS) is 1. The van der Waals surface area contributed by atoms with Crippen LogP contribution in [-0.2, 0) is 23.8 Å². The number of hydrogen-bond acceptors (Lipinski definition) is 10. The molecule has 0 bridgehead atoms. The van der Waals surface area contributed by atoms with Gasteiger partial charge in [0.1, 0.15) is 16.8 Å². The number of nitrogens with zero attached hydrogens (tertiary/aromatic N) is 4. The largest absolute Gasteiger partial charge is 0.483 e. The first kappa shape index (κ1) is 50.4. The zero-order valence-corrected chi connectivity index (χ0v) is 32.7. The van der Waals surface area contributed by atoms with Crippen molar-refractivity contribution in [3.05, 3.63) is 0 Å². The number of thioether (sulfide) groups is 1. The lowest BCUT2D eigenvalue weighted by molar-refractivity contribution is -0.123. The third-order valence-corrected chi connectivity index (χ3v) is 6.78. The molecule has 1 aliphatic heterocycles. The summed E-state index contributed by atoms with van der Waals surface area (Å²) in [5, 5.41) is 9.94. The van der Waals surface area contributed by atoms with E-state index >= 15 is 0 Å². The molecule has 0 aromatic heterocycles. The van der Waals surface area contributed by atoms with E-state index in [0.29, 0.717) is 13.1 Å². The number of rotatable bonds is 6. The molecule has 0 aromatic carbocycles. The molecule has 14 nitrogen and oxygen atoms in total. The van der Waals surface area contributed by atoms with Gasteiger partial charge in [-0.2, -0.15) is 11.8 Å². The lowest BCUT2D eigenvalue weighted by Gasteiger charge is -2.35. The topological polar surface area (TPSA) is 158 Å². The first-order valence-electron chi connectivity index (χ1n) is 16.6. The SMILES string of the molecule is C.CC.CSCCC(C)NC(=O)CN1CCN(C(=O)OC(C)(C)C)CCN(C(=O)OC(C)(C)C)CCN(C(=O)OC(C)(C)C)CC1.O=CO. The van der Waals surface area contributed by atoms with E-state index in [1.54, 1.807) is 83.9 Å². The molecular formula is C34H69N5O9S. The van der Waals surface area contributed by atoms with E-state index in [-0.39, 0.29) is 71.7 Å². The van der Waals surface area contributed by atoms with Crippen LogP contribution in [-0.4, -0.2) is 149 Å². The van der Waals surface area contributed by atoms with Crippen LogP contribution >= 0.6 is 11.8 Å². The Kier molecular flexibility index (Phi) is 25.8. The van der Waals surface area contributed by atoms with Crippen molar-refractivity contribution in [3.63, 3.8) is 0 Å². The smallest absolute Gasteiger partial charge is 0.410 e. The molecule has 0 spiro atoms. The van der Waals surface area contributed by atoms with Crippen LogP contribution in [0.25, 0.3) is 0 Å². The van der Waals surface area contributed by atoms with Crippen LogP contribution in [0.2, 0.25) is 0 Å². The van der Waals surface area contributed by atoms with E-state index in [9.17, 15) is 19.2 Å². The van der Waals surface area contributed by atoms with Gasteiger partial charge < -0.3 is 39.3 Å². The fourth-order valence-electron chi connectivity index (χ4n) is 4.03. The molecule has 0 saturated carbocycles. The van der Waals surface area contributed by atoms with Gasteiger partial charge in [-0.1, -0.05) is 21.3 Å². The van der Waals surface area contributed by atoms with Crippen LogP contribution in [0.15, 0.2) is 0 Å². The van der Waals surface area contributed by atoms with Crippen LogP contribution in [0.5, 0.6) is 0 Å². The van der Waals surface area contributed by atoms with Crippen molar-refractivity contribution < 1.29 is 43.3 Å². The van der Waals surface area contributed by atoms with Gasteiger partial charge in [0.2, 0.25) is 5.91 Å². The van der Waals surface area contributed by atoms with Gasteiger partial charge in [0.25, 0.3) is 6.47 Å². The number of nitrogens with one attached hydrogen (secondary N) is 1. The van der Waals surface area contributed by atoms with Crippen molar-refractivity contribution in [2.24, 2.45) is 0 Å². The maximum absolute atomic E-state index is 13.2. The molecule has 0 radical (unpaired) electrons. The number of carbonyl (C=O) groups is 5. The van der Waals surface area contributed by atoms with Crippen LogP contribution in [0.4, 0.5) is 14.4 Å². The Balaban J connectivity index is -0.00000333. The molecule has 1 aliphatic rings. The van der Waals surface area contributed by atoms with E-state index in [1.165, 1.54) is 4.90 Å². The summed E-state index contributed by atoms with van der Waals surface area (Å²) >= 11 is 1.73. The zero-order chi connectivity index (χ0) is 37.7. The molecule has 0 aliphatic carbocycles. The van der Waals surface area contributed by atoms with Crippen LogP contribution < -0.4 is 5.32 Å². The molecule has 1 atom stereocenters. The van der Waals surface area contributed by atoms with E-state index in [1.807, 2.05) is 31.9 Å². The van der Waals surface area contributed by atoms with Gasteiger partial charge in [-0.25, -0.2) is 14.4 Å². The Hall–Kier alpha value is -2.94. The minimum Gasteiger partial charge on any atom is -0.483 e. The maximum Gasteiger partial charge on any atom is 0.410 e. The number of amides is 4. The summed E-state index contributed by atoms with van der Waals surface area (Å²) in [5.41, 5.74) is -2.12. The lowest BCUT2D eigenvalue weighted by atomic mass is 10.2. The molecule has 1 fully saturated rings. The van der Waals surface area contributed by atoms with Crippen molar-refractivity contribution in [2.45, 2.75) is 120 Å². The highest BCUT2D eigenvalue weighted by Gasteiger charge is 2.30. The highest BCUT2D eigenvalue weighted by atomic mass is 32.2. The first-order chi connectivity index (χ1) is 22.1. The summed E-state index contributed by atoms with van der Waals surface area (Å²) in [7, 11) is 0. The van der Waals surface area contributed by atoms with Gasteiger partial charge in [0, 0.05) is 58.4 Å². The van der Waals surface area contributed by atoms with Crippen molar-refractivity contribution in [3.8, 4) is 0 Å². The number of hydrogen-bond donors (Lipinski definition) is 2. The van der Waals surface area contributed by atoms with Crippen LogP contribution in [0.3, 0.4) is 0 Å². The van der Waals surface area contributed by atoms with Gasteiger partial charge in [-0.15, -0.1) is 0 Å². The van der Waals surface area contributed by atoms with Gasteiger partial charge >= 0.3 is 18.3 Å². The van der Waals surface area contributed by atoms with Gasteiger partial charge in [-0.3, -0.25) is 14.5 Å². The van der Waals surface area contributed by atoms with Crippen LogP contribution in [0, 0.1) is 0 Å². The van der Waals surface area contributed by atoms with Gasteiger partial charge in [0.05, 0.1) is 6.54 Å². The minimum atomic E-state index is -0.718.